The van der Waals surface area contributed by atoms with Gasteiger partial charge < -0.3 is 4.90 Å². The number of hydrogen-bond acceptors (Lipinski definition) is 8. The number of nitrogens with one attached hydrogen (secondary N) is 2. The molecule has 0 saturated carbocycles. The molecule has 34 heavy (non-hydrogen) atoms. The van der Waals surface area contributed by atoms with Crippen LogP contribution in [0, 0.1) is 10.1 Å². The maximum absolute atomic E-state index is 12.4. The number of aromatic nitrogens is 3. The van der Waals surface area contributed by atoms with Gasteiger partial charge in [0.25, 0.3) is 5.91 Å². The van der Waals surface area contributed by atoms with Gasteiger partial charge in [-0.05, 0) is 42.0 Å². The van der Waals surface area contributed by atoms with Crippen molar-refractivity contribution in [1.82, 2.24) is 20.4 Å². The lowest BCUT2D eigenvalue weighted by Crippen LogP contribution is -2.30. The summed E-state index contributed by atoms with van der Waals surface area (Å²) in [5.74, 6) is -0.210. The number of nitrogens with zero attached hydrogens (tertiary/aromatic N) is 5. The molecule has 1 amide bonds. The van der Waals surface area contributed by atoms with Gasteiger partial charge in [0, 0.05) is 16.8 Å². The van der Waals surface area contributed by atoms with E-state index in [0.717, 1.165) is 5.56 Å². The van der Waals surface area contributed by atoms with Crippen LogP contribution in [0.3, 0.4) is 0 Å². The number of benzene rings is 2. The van der Waals surface area contributed by atoms with Crippen LogP contribution in [0.25, 0.3) is 0 Å². The van der Waals surface area contributed by atoms with Gasteiger partial charge in [-0.3, -0.25) is 25.8 Å². The normalized spacial score (nSPS) is 10.4. The number of hydrazine groups is 1. The van der Waals surface area contributed by atoms with Crippen molar-refractivity contribution in [3.63, 3.8) is 0 Å². The molecular formula is C23H18ClN7O3. The number of nitro groups is 1. The predicted molar refractivity (Wildman–Crippen MR) is 128 cm³/mol. The van der Waals surface area contributed by atoms with Crippen molar-refractivity contribution in [2.45, 2.75) is 6.54 Å². The Morgan fingerprint density at radius 2 is 1.71 bits per heavy atom. The Balaban J connectivity index is 1.68. The number of halogens is 1. The summed E-state index contributed by atoms with van der Waals surface area (Å²) in [6, 6.07) is 20.9. The summed E-state index contributed by atoms with van der Waals surface area (Å²) in [6.07, 6.45) is 2.77. The number of carbonyl (C=O) groups excluding carboxylic acids is 1. The number of anilines is 3. The average molecular weight is 476 g/mol. The van der Waals surface area contributed by atoms with Gasteiger partial charge in [-0.15, -0.1) is 0 Å². The second kappa shape index (κ2) is 10.4. The van der Waals surface area contributed by atoms with Crippen molar-refractivity contribution >= 4 is 40.6 Å². The van der Waals surface area contributed by atoms with Crippen LogP contribution in [-0.2, 0) is 6.54 Å². The fourth-order valence-corrected chi connectivity index (χ4v) is 3.29. The Bertz CT molecular complexity index is 1290. The summed E-state index contributed by atoms with van der Waals surface area (Å²) >= 11 is 5.85. The quantitative estimate of drug-likeness (QED) is 0.281. The lowest BCUT2D eigenvalue weighted by atomic mass is 10.2. The highest BCUT2D eigenvalue weighted by molar-refractivity contribution is 6.30. The van der Waals surface area contributed by atoms with Crippen molar-refractivity contribution in [3.05, 3.63) is 112 Å². The molecule has 0 unspecified atom stereocenters. The lowest BCUT2D eigenvalue weighted by molar-refractivity contribution is -0.383. The topological polar surface area (TPSA) is 126 Å². The molecule has 2 aromatic carbocycles. The van der Waals surface area contributed by atoms with E-state index < -0.39 is 16.5 Å². The van der Waals surface area contributed by atoms with Crippen molar-refractivity contribution in [1.29, 1.82) is 0 Å². The van der Waals surface area contributed by atoms with Crippen LogP contribution < -0.4 is 15.8 Å². The molecule has 4 rings (SSSR count). The third-order valence-corrected chi connectivity index (χ3v) is 5.00. The molecule has 2 aromatic heterocycles. The molecule has 0 radical (unpaired) electrons. The minimum atomic E-state index is -0.604. The SMILES string of the molecule is O=C(NNc1ncnc(N(Cc2ccccc2)c2ccccn2)c1[N+](=O)[O-])c1ccc(Cl)cc1. The van der Waals surface area contributed by atoms with E-state index in [2.05, 4.69) is 25.8 Å². The molecule has 2 heterocycles. The minimum Gasteiger partial charge on any atom is -0.301 e. The number of rotatable bonds is 8. The summed E-state index contributed by atoms with van der Waals surface area (Å²) in [5.41, 5.74) is 5.76. The van der Waals surface area contributed by atoms with Gasteiger partial charge in [0.2, 0.25) is 11.6 Å². The highest BCUT2D eigenvalue weighted by Crippen LogP contribution is 2.35. The average Bonchev–Trinajstić information content (AvgIpc) is 2.87. The van der Waals surface area contributed by atoms with Gasteiger partial charge in [-0.25, -0.2) is 15.0 Å². The molecule has 2 N–H and O–H groups in total. The van der Waals surface area contributed by atoms with E-state index in [-0.39, 0.29) is 18.2 Å². The van der Waals surface area contributed by atoms with E-state index in [0.29, 0.717) is 16.4 Å². The number of hydrogen-bond donors (Lipinski definition) is 2. The highest BCUT2D eigenvalue weighted by atomic mass is 35.5. The molecule has 4 aromatic rings. The Morgan fingerprint density at radius 1 is 0.971 bits per heavy atom. The molecular weight excluding hydrogens is 458 g/mol. The Hall–Kier alpha value is -4.57. The summed E-state index contributed by atoms with van der Waals surface area (Å²) in [5, 5.41) is 12.6. The van der Waals surface area contributed by atoms with Crippen LogP contribution in [-0.4, -0.2) is 25.8 Å². The van der Waals surface area contributed by atoms with E-state index in [4.69, 9.17) is 11.6 Å². The van der Waals surface area contributed by atoms with Crippen LogP contribution in [0.15, 0.2) is 85.3 Å². The minimum absolute atomic E-state index is 0.0193. The Morgan fingerprint density at radius 3 is 2.38 bits per heavy atom. The Labute approximate surface area is 199 Å². The molecule has 0 aliphatic rings. The van der Waals surface area contributed by atoms with Crippen LogP contribution >= 0.6 is 11.6 Å². The maximum Gasteiger partial charge on any atom is 0.355 e. The van der Waals surface area contributed by atoms with E-state index in [1.807, 2.05) is 30.3 Å². The van der Waals surface area contributed by atoms with Crippen LogP contribution in [0.2, 0.25) is 5.02 Å². The van der Waals surface area contributed by atoms with Crippen molar-refractivity contribution in [3.8, 4) is 0 Å². The van der Waals surface area contributed by atoms with Gasteiger partial charge >= 0.3 is 5.69 Å². The first kappa shape index (κ1) is 22.6. The monoisotopic (exact) mass is 475 g/mol. The fourth-order valence-electron chi connectivity index (χ4n) is 3.16. The van der Waals surface area contributed by atoms with E-state index in [1.54, 1.807) is 41.4 Å². The lowest BCUT2D eigenvalue weighted by Gasteiger charge is -2.23. The van der Waals surface area contributed by atoms with Crippen LogP contribution in [0.4, 0.5) is 23.1 Å². The molecule has 0 saturated heterocycles. The molecule has 0 bridgehead atoms. The fraction of sp³-hybridized carbons (Fsp3) is 0.0435. The van der Waals surface area contributed by atoms with Crippen molar-refractivity contribution < 1.29 is 9.72 Å². The van der Waals surface area contributed by atoms with Gasteiger partial charge in [-0.1, -0.05) is 48.0 Å². The summed E-state index contributed by atoms with van der Waals surface area (Å²) in [6.45, 7) is 0.270. The summed E-state index contributed by atoms with van der Waals surface area (Å²) in [7, 11) is 0. The molecule has 0 spiro atoms. The van der Waals surface area contributed by atoms with E-state index in [1.165, 1.54) is 18.5 Å². The number of amides is 1. The number of pyridine rings is 1. The van der Waals surface area contributed by atoms with E-state index >= 15 is 0 Å². The molecule has 11 heteroatoms. The van der Waals surface area contributed by atoms with Crippen molar-refractivity contribution in [2.75, 3.05) is 10.3 Å². The zero-order valence-electron chi connectivity index (χ0n) is 17.6. The zero-order chi connectivity index (χ0) is 23.9. The molecule has 0 aliphatic heterocycles. The first-order valence-corrected chi connectivity index (χ1v) is 10.4. The van der Waals surface area contributed by atoms with Crippen LogP contribution in [0.5, 0.6) is 0 Å². The Kier molecular flexibility index (Phi) is 6.89. The third-order valence-electron chi connectivity index (χ3n) is 4.75. The zero-order valence-corrected chi connectivity index (χ0v) is 18.4. The highest BCUT2D eigenvalue weighted by Gasteiger charge is 2.29. The van der Waals surface area contributed by atoms with Gasteiger partial charge in [-0.2, -0.15) is 0 Å². The van der Waals surface area contributed by atoms with Gasteiger partial charge in [0.1, 0.15) is 12.1 Å². The van der Waals surface area contributed by atoms with E-state index in [9.17, 15) is 14.9 Å². The molecule has 0 atom stereocenters. The second-order valence-corrected chi connectivity index (χ2v) is 7.43. The maximum atomic E-state index is 12.4. The first-order chi connectivity index (χ1) is 16.5. The summed E-state index contributed by atoms with van der Waals surface area (Å²) in [4.78, 5) is 38.1. The smallest absolute Gasteiger partial charge is 0.301 e. The third kappa shape index (κ3) is 5.25. The molecule has 0 fully saturated rings. The second-order valence-electron chi connectivity index (χ2n) is 7.00. The molecule has 0 aliphatic carbocycles. The molecule has 170 valence electrons. The standard InChI is InChI=1S/C23H18ClN7O3/c24-18-11-9-17(10-12-18)23(32)29-28-21-20(31(33)34)22(27-15-26-21)30(19-8-4-5-13-25-19)14-16-6-2-1-3-7-16/h1-13,15H,14H2,(H,29,32)(H,26,27,28). The van der Waals surface area contributed by atoms with Crippen LogP contribution in [0.1, 0.15) is 15.9 Å². The predicted octanol–water partition coefficient (Wildman–Crippen LogP) is 4.53. The first-order valence-electron chi connectivity index (χ1n) is 10.1. The number of carbonyl (C=O) groups is 1. The molecule has 10 nitrogen and oxygen atoms in total. The largest absolute Gasteiger partial charge is 0.355 e. The van der Waals surface area contributed by atoms with Crippen molar-refractivity contribution in [2.24, 2.45) is 0 Å². The van der Waals surface area contributed by atoms with Gasteiger partial charge in [0.15, 0.2) is 0 Å². The summed E-state index contributed by atoms with van der Waals surface area (Å²) < 4.78 is 0. The van der Waals surface area contributed by atoms with Gasteiger partial charge in [0.05, 0.1) is 11.5 Å².